The van der Waals surface area contributed by atoms with E-state index >= 15 is 0 Å². The predicted octanol–water partition coefficient (Wildman–Crippen LogP) is 3.46. The van der Waals surface area contributed by atoms with E-state index < -0.39 is 5.51 Å². The number of nitrogens with one attached hydrogen (secondary N) is 2. The van der Waals surface area contributed by atoms with E-state index in [1.807, 2.05) is 0 Å². The van der Waals surface area contributed by atoms with Crippen LogP contribution in [0.4, 0.5) is 18.9 Å². The monoisotopic (exact) mass is 276 g/mol. The Morgan fingerprint density at radius 1 is 1.28 bits per heavy atom. The van der Waals surface area contributed by atoms with E-state index in [1.54, 1.807) is 18.2 Å². The lowest BCUT2D eigenvalue weighted by Crippen LogP contribution is -2.38. The van der Waals surface area contributed by atoms with Crippen LogP contribution in [0.5, 0.6) is 0 Å². The lowest BCUT2D eigenvalue weighted by atomic mass is 10.1. The van der Waals surface area contributed by atoms with Crippen molar-refractivity contribution in [1.82, 2.24) is 5.32 Å². The molecule has 0 bridgehead atoms. The number of anilines is 1. The third-order valence-corrected chi connectivity index (χ3v) is 3.58. The average molecular weight is 276 g/mol. The number of alkyl halides is 3. The molecular formula is C12H15F3N2S. The maximum absolute atomic E-state index is 12.4. The second-order valence-electron chi connectivity index (χ2n) is 4.23. The first-order valence-electron chi connectivity index (χ1n) is 5.86. The number of thioether (sulfide) groups is 1. The Morgan fingerprint density at radius 3 is 2.72 bits per heavy atom. The largest absolute Gasteiger partial charge is 0.446 e. The summed E-state index contributed by atoms with van der Waals surface area (Å²) >= 11 is -0.0670. The average Bonchev–Trinajstić information content (AvgIpc) is 2.31. The van der Waals surface area contributed by atoms with Crippen molar-refractivity contribution in [3.05, 3.63) is 24.3 Å². The molecule has 1 heterocycles. The highest BCUT2D eigenvalue weighted by molar-refractivity contribution is 8.00. The number of para-hydroxylation sites is 1. The van der Waals surface area contributed by atoms with Crippen molar-refractivity contribution in [2.45, 2.75) is 29.3 Å². The molecule has 1 saturated heterocycles. The molecular weight excluding hydrogens is 261 g/mol. The molecule has 2 rings (SSSR count). The van der Waals surface area contributed by atoms with Crippen molar-refractivity contribution in [3.8, 4) is 0 Å². The van der Waals surface area contributed by atoms with Crippen LogP contribution in [0.15, 0.2) is 29.2 Å². The van der Waals surface area contributed by atoms with Crippen LogP contribution in [0.1, 0.15) is 12.8 Å². The van der Waals surface area contributed by atoms with Crippen LogP contribution in [0.2, 0.25) is 0 Å². The van der Waals surface area contributed by atoms with Gasteiger partial charge in [0.25, 0.3) is 0 Å². The first-order chi connectivity index (χ1) is 8.54. The van der Waals surface area contributed by atoms with Gasteiger partial charge in [-0.3, -0.25) is 0 Å². The van der Waals surface area contributed by atoms with Crippen molar-refractivity contribution in [1.29, 1.82) is 0 Å². The highest BCUT2D eigenvalue weighted by Gasteiger charge is 2.30. The van der Waals surface area contributed by atoms with Gasteiger partial charge in [0, 0.05) is 23.2 Å². The molecule has 2 nitrogen and oxygen atoms in total. The Morgan fingerprint density at radius 2 is 2.06 bits per heavy atom. The molecule has 1 aliphatic heterocycles. The van der Waals surface area contributed by atoms with Crippen LogP contribution in [0, 0.1) is 0 Å². The van der Waals surface area contributed by atoms with Crippen LogP contribution in [0.3, 0.4) is 0 Å². The molecule has 0 aliphatic carbocycles. The molecule has 1 atom stereocenters. The molecule has 1 fully saturated rings. The zero-order valence-corrected chi connectivity index (χ0v) is 10.6. The van der Waals surface area contributed by atoms with E-state index in [1.165, 1.54) is 6.07 Å². The normalized spacial score (nSPS) is 20.7. The summed E-state index contributed by atoms with van der Waals surface area (Å²) in [6.07, 6.45) is 2.03. The summed E-state index contributed by atoms with van der Waals surface area (Å²) in [7, 11) is 0. The van der Waals surface area contributed by atoms with Crippen LogP contribution >= 0.6 is 11.8 Å². The van der Waals surface area contributed by atoms with Gasteiger partial charge in [-0.05, 0) is 43.3 Å². The molecule has 0 spiro atoms. The van der Waals surface area contributed by atoms with Crippen LogP contribution in [-0.4, -0.2) is 24.6 Å². The maximum Gasteiger partial charge on any atom is 0.446 e. The van der Waals surface area contributed by atoms with Crippen molar-refractivity contribution in [3.63, 3.8) is 0 Å². The summed E-state index contributed by atoms with van der Waals surface area (Å²) < 4.78 is 37.3. The Bertz CT molecular complexity index is 389. The Balaban J connectivity index is 2.06. The minimum absolute atomic E-state index is 0.0670. The number of halogens is 3. The number of hydrogen-bond donors (Lipinski definition) is 2. The van der Waals surface area contributed by atoms with Crippen molar-refractivity contribution in [2.75, 3.05) is 18.4 Å². The molecule has 0 saturated carbocycles. The fraction of sp³-hybridized carbons (Fsp3) is 0.500. The van der Waals surface area contributed by atoms with Gasteiger partial charge in [-0.25, -0.2) is 0 Å². The SMILES string of the molecule is FC(F)(F)Sc1ccccc1NC1CCCNC1. The highest BCUT2D eigenvalue weighted by Crippen LogP contribution is 2.40. The first-order valence-corrected chi connectivity index (χ1v) is 6.68. The van der Waals surface area contributed by atoms with E-state index in [9.17, 15) is 13.2 Å². The summed E-state index contributed by atoms with van der Waals surface area (Å²) in [4.78, 5) is 0.232. The zero-order chi connectivity index (χ0) is 13.0. The lowest BCUT2D eigenvalue weighted by Gasteiger charge is -2.26. The molecule has 0 amide bonds. The Kier molecular flexibility index (Phi) is 4.40. The van der Waals surface area contributed by atoms with E-state index in [-0.39, 0.29) is 22.7 Å². The molecule has 1 aromatic carbocycles. The minimum Gasteiger partial charge on any atom is -0.380 e. The van der Waals surface area contributed by atoms with Gasteiger partial charge in [-0.1, -0.05) is 12.1 Å². The predicted molar refractivity (Wildman–Crippen MR) is 67.9 cm³/mol. The van der Waals surface area contributed by atoms with Crippen LogP contribution in [0.25, 0.3) is 0 Å². The molecule has 18 heavy (non-hydrogen) atoms. The number of rotatable bonds is 3. The molecule has 1 aromatic rings. The van der Waals surface area contributed by atoms with Gasteiger partial charge in [0.2, 0.25) is 0 Å². The Hall–Kier alpha value is -0.880. The van der Waals surface area contributed by atoms with E-state index in [0.717, 1.165) is 25.9 Å². The van der Waals surface area contributed by atoms with Crippen LogP contribution in [-0.2, 0) is 0 Å². The fourth-order valence-corrected chi connectivity index (χ4v) is 2.63. The van der Waals surface area contributed by atoms with Gasteiger partial charge >= 0.3 is 5.51 Å². The van der Waals surface area contributed by atoms with E-state index in [4.69, 9.17) is 0 Å². The standard InChI is InChI=1S/C12H15F3N2S/c13-12(14,15)18-11-6-2-1-5-10(11)17-9-4-3-7-16-8-9/h1-2,5-6,9,16-17H,3-4,7-8H2. The summed E-state index contributed by atoms with van der Waals surface area (Å²) in [5, 5.41) is 6.42. The van der Waals surface area contributed by atoms with E-state index in [2.05, 4.69) is 10.6 Å². The summed E-state index contributed by atoms with van der Waals surface area (Å²) in [6.45, 7) is 1.78. The molecule has 0 radical (unpaired) electrons. The molecule has 6 heteroatoms. The third-order valence-electron chi connectivity index (χ3n) is 2.77. The lowest BCUT2D eigenvalue weighted by molar-refractivity contribution is -0.0327. The summed E-state index contributed by atoms with van der Waals surface area (Å²) in [5.74, 6) is 0. The maximum atomic E-state index is 12.4. The second kappa shape index (κ2) is 5.84. The summed E-state index contributed by atoms with van der Waals surface area (Å²) in [6, 6.07) is 6.77. The highest BCUT2D eigenvalue weighted by atomic mass is 32.2. The van der Waals surface area contributed by atoms with Gasteiger partial charge < -0.3 is 10.6 Å². The topological polar surface area (TPSA) is 24.1 Å². The molecule has 0 aromatic heterocycles. The van der Waals surface area contributed by atoms with Gasteiger partial charge in [0.05, 0.1) is 0 Å². The van der Waals surface area contributed by atoms with Gasteiger partial charge in [0.15, 0.2) is 0 Å². The number of hydrogen-bond acceptors (Lipinski definition) is 3. The number of benzene rings is 1. The quantitative estimate of drug-likeness (QED) is 0.827. The third kappa shape index (κ3) is 4.10. The molecule has 1 unspecified atom stereocenters. The zero-order valence-electron chi connectivity index (χ0n) is 9.76. The van der Waals surface area contributed by atoms with Crippen LogP contribution < -0.4 is 10.6 Å². The second-order valence-corrected chi connectivity index (χ2v) is 5.34. The molecule has 1 aliphatic rings. The van der Waals surface area contributed by atoms with Crippen molar-refractivity contribution in [2.24, 2.45) is 0 Å². The Labute approximate surface area is 108 Å². The van der Waals surface area contributed by atoms with Gasteiger partial charge in [-0.2, -0.15) is 13.2 Å². The van der Waals surface area contributed by atoms with E-state index in [0.29, 0.717) is 5.69 Å². The van der Waals surface area contributed by atoms with Crippen molar-refractivity contribution < 1.29 is 13.2 Å². The molecule has 100 valence electrons. The fourth-order valence-electron chi connectivity index (χ4n) is 1.99. The molecule has 2 N–H and O–H groups in total. The van der Waals surface area contributed by atoms with Crippen molar-refractivity contribution >= 4 is 17.4 Å². The van der Waals surface area contributed by atoms with Gasteiger partial charge in [-0.15, -0.1) is 0 Å². The van der Waals surface area contributed by atoms with Gasteiger partial charge in [0.1, 0.15) is 0 Å². The number of piperidine rings is 1. The summed E-state index contributed by atoms with van der Waals surface area (Å²) in [5.41, 5.74) is -3.68. The minimum atomic E-state index is -4.25. The smallest absolute Gasteiger partial charge is 0.380 e. The first kappa shape index (κ1) is 13.5.